The minimum Gasteiger partial charge on any atom is -0.366 e. The molecule has 7 heteroatoms. The van der Waals surface area contributed by atoms with E-state index in [0.29, 0.717) is 11.5 Å². The van der Waals surface area contributed by atoms with Crippen LogP contribution in [0.5, 0.6) is 0 Å². The summed E-state index contributed by atoms with van der Waals surface area (Å²) in [7, 11) is 0. The third-order valence-electron chi connectivity index (χ3n) is 2.74. The van der Waals surface area contributed by atoms with Crippen LogP contribution in [-0.4, -0.2) is 20.5 Å². The van der Waals surface area contributed by atoms with Gasteiger partial charge in [-0.2, -0.15) is 4.98 Å². The number of rotatable bonds is 3. The average molecular weight is 332 g/mol. The van der Waals surface area contributed by atoms with Crippen LogP contribution in [0.1, 0.15) is 10.4 Å². The van der Waals surface area contributed by atoms with Crippen LogP contribution in [0.15, 0.2) is 47.1 Å². The van der Waals surface area contributed by atoms with Gasteiger partial charge in [-0.25, -0.2) is 4.52 Å². The fourth-order valence-electron chi connectivity index (χ4n) is 1.77. The van der Waals surface area contributed by atoms with Crippen LogP contribution < -0.4 is 11.1 Å². The Balaban J connectivity index is 1.89. The van der Waals surface area contributed by atoms with E-state index in [1.165, 1.54) is 0 Å². The van der Waals surface area contributed by atoms with E-state index in [1.54, 1.807) is 28.8 Å². The average Bonchev–Trinajstić information content (AvgIpc) is 2.83. The highest BCUT2D eigenvalue weighted by molar-refractivity contribution is 9.10. The van der Waals surface area contributed by atoms with Crippen LogP contribution in [0.2, 0.25) is 0 Å². The molecule has 0 saturated carbocycles. The van der Waals surface area contributed by atoms with Crippen molar-refractivity contribution in [1.29, 1.82) is 0 Å². The summed E-state index contributed by atoms with van der Waals surface area (Å²) in [6.45, 7) is 0. The summed E-state index contributed by atoms with van der Waals surface area (Å²) in [6, 6.07) is 12.4. The Hall–Kier alpha value is -2.41. The molecule has 0 spiro atoms. The van der Waals surface area contributed by atoms with Crippen molar-refractivity contribution in [3.63, 3.8) is 0 Å². The lowest BCUT2D eigenvalue weighted by Crippen LogP contribution is -2.10. The van der Waals surface area contributed by atoms with Gasteiger partial charge in [-0.1, -0.05) is 6.07 Å². The minimum absolute atomic E-state index is 0.452. The van der Waals surface area contributed by atoms with E-state index < -0.39 is 5.91 Å². The van der Waals surface area contributed by atoms with Crippen molar-refractivity contribution < 1.29 is 4.79 Å². The summed E-state index contributed by atoms with van der Waals surface area (Å²) in [5.41, 5.74) is 7.16. The Morgan fingerprint density at radius 2 is 1.95 bits per heavy atom. The van der Waals surface area contributed by atoms with Crippen molar-refractivity contribution >= 4 is 39.1 Å². The molecule has 20 heavy (non-hydrogen) atoms. The third kappa shape index (κ3) is 2.35. The van der Waals surface area contributed by atoms with Crippen LogP contribution in [0.25, 0.3) is 5.65 Å². The van der Waals surface area contributed by atoms with E-state index in [4.69, 9.17) is 5.73 Å². The van der Waals surface area contributed by atoms with Gasteiger partial charge in [0.25, 0.3) is 0 Å². The first kappa shape index (κ1) is 12.6. The lowest BCUT2D eigenvalue weighted by atomic mass is 10.2. The zero-order valence-corrected chi connectivity index (χ0v) is 11.8. The van der Waals surface area contributed by atoms with Gasteiger partial charge in [-0.3, -0.25) is 4.79 Å². The van der Waals surface area contributed by atoms with Gasteiger partial charge in [0.1, 0.15) is 4.60 Å². The molecule has 0 aliphatic heterocycles. The maximum Gasteiger partial charge on any atom is 0.248 e. The molecule has 0 fully saturated rings. The molecule has 3 N–H and O–H groups in total. The second-order valence-electron chi connectivity index (χ2n) is 4.12. The number of primary amides is 1. The lowest BCUT2D eigenvalue weighted by Gasteiger charge is -2.01. The van der Waals surface area contributed by atoms with Gasteiger partial charge < -0.3 is 11.1 Å². The number of anilines is 2. The number of carbonyl (C=O) groups is 1. The van der Waals surface area contributed by atoms with E-state index in [-0.39, 0.29) is 0 Å². The maximum absolute atomic E-state index is 11.0. The molecular formula is C13H10BrN5O. The van der Waals surface area contributed by atoms with E-state index in [2.05, 4.69) is 31.3 Å². The van der Waals surface area contributed by atoms with Gasteiger partial charge in [-0.05, 0) is 52.3 Å². The Labute approximate surface area is 122 Å². The van der Waals surface area contributed by atoms with Gasteiger partial charge in [0, 0.05) is 11.3 Å². The number of pyridine rings is 1. The molecule has 0 bridgehead atoms. The lowest BCUT2D eigenvalue weighted by molar-refractivity contribution is 0.100. The molecule has 0 radical (unpaired) electrons. The summed E-state index contributed by atoms with van der Waals surface area (Å²) in [5.74, 6) is 0.0232. The Morgan fingerprint density at radius 3 is 2.60 bits per heavy atom. The highest BCUT2D eigenvalue weighted by Crippen LogP contribution is 2.17. The summed E-state index contributed by atoms with van der Waals surface area (Å²) in [4.78, 5) is 15.3. The second-order valence-corrected chi connectivity index (χ2v) is 4.93. The highest BCUT2D eigenvalue weighted by atomic mass is 79.9. The van der Waals surface area contributed by atoms with E-state index in [0.717, 1.165) is 15.9 Å². The first-order valence-corrected chi connectivity index (χ1v) is 6.61. The number of nitrogens with zero attached hydrogens (tertiary/aromatic N) is 3. The van der Waals surface area contributed by atoms with Crippen LogP contribution in [0.3, 0.4) is 0 Å². The molecule has 2 aromatic heterocycles. The number of hydrogen-bond acceptors (Lipinski definition) is 4. The Kier molecular flexibility index (Phi) is 3.11. The molecule has 0 atom stereocenters. The molecule has 0 unspecified atom stereocenters. The summed E-state index contributed by atoms with van der Waals surface area (Å²) in [5, 5.41) is 7.39. The van der Waals surface area contributed by atoms with Crippen molar-refractivity contribution in [2.75, 3.05) is 5.32 Å². The Morgan fingerprint density at radius 1 is 1.20 bits per heavy atom. The normalized spacial score (nSPS) is 10.7. The first-order valence-electron chi connectivity index (χ1n) is 5.82. The van der Waals surface area contributed by atoms with Gasteiger partial charge in [0.2, 0.25) is 11.9 Å². The van der Waals surface area contributed by atoms with E-state index in [9.17, 15) is 4.79 Å². The molecule has 0 aliphatic carbocycles. The number of halogens is 1. The number of benzene rings is 1. The fraction of sp³-hybridized carbons (Fsp3) is 0. The van der Waals surface area contributed by atoms with Crippen molar-refractivity contribution in [3.8, 4) is 0 Å². The number of fused-ring (bicyclic) bond motifs is 1. The van der Waals surface area contributed by atoms with Gasteiger partial charge in [-0.15, -0.1) is 5.10 Å². The van der Waals surface area contributed by atoms with Gasteiger partial charge in [0.15, 0.2) is 5.65 Å². The van der Waals surface area contributed by atoms with Gasteiger partial charge >= 0.3 is 0 Å². The molecule has 1 aromatic carbocycles. The van der Waals surface area contributed by atoms with Crippen molar-refractivity contribution in [2.24, 2.45) is 5.73 Å². The third-order valence-corrected chi connectivity index (χ3v) is 3.34. The second kappa shape index (κ2) is 4.93. The topological polar surface area (TPSA) is 85.3 Å². The standard InChI is InChI=1S/C13H10BrN5O/c14-10-2-1-3-11-17-13(18-19(10)11)16-9-6-4-8(5-7-9)12(15)20/h1-7H,(H2,15,20)(H,16,18). The zero-order valence-electron chi connectivity index (χ0n) is 10.2. The largest absolute Gasteiger partial charge is 0.366 e. The zero-order chi connectivity index (χ0) is 14.1. The van der Waals surface area contributed by atoms with Crippen molar-refractivity contribution in [2.45, 2.75) is 0 Å². The molecule has 100 valence electrons. The molecule has 3 rings (SSSR count). The predicted octanol–water partition coefficient (Wildman–Crippen LogP) is 2.33. The molecule has 6 nitrogen and oxygen atoms in total. The molecule has 0 saturated heterocycles. The number of nitrogens with two attached hydrogens (primary N) is 1. The van der Waals surface area contributed by atoms with Crippen molar-refractivity contribution in [1.82, 2.24) is 14.6 Å². The molecular weight excluding hydrogens is 322 g/mol. The molecule has 3 aromatic rings. The fourth-order valence-corrected chi connectivity index (χ4v) is 2.19. The Bertz CT molecular complexity index is 781. The monoisotopic (exact) mass is 331 g/mol. The molecule has 2 heterocycles. The number of aromatic nitrogens is 3. The molecule has 1 amide bonds. The van der Waals surface area contributed by atoms with Crippen molar-refractivity contribution in [3.05, 3.63) is 52.6 Å². The summed E-state index contributed by atoms with van der Waals surface area (Å²) >= 11 is 3.40. The number of hydrogen-bond donors (Lipinski definition) is 2. The van der Waals surface area contributed by atoms with E-state index >= 15 is 0 Å². The van der Waals surface area contributed by atoms with Gasteiger partial charge in [0.05, 0.1) is 0 Å². The van der Waals surface area contributed by atoms with E-state index in [1.807, 2.05) is 18.2 Å². The minimum atomic E-state index is -0.452. The smallest absolute Gasteiger partial charge is 0.248 e. The number of amides is 1. The SMILES string of the molecule is NC(=O)c1ccc(Nc2nc3cccc(Br)n3n2)cc1. The van der Waals surface area contributed by atoms with Crippen LogP contribution in [0, 0.1) is 0 Å². The van der Waals surface area contributed by atoms with Crippen LogP contribution in [0.4, 0.5) is 11.6 Å². The first-order chi connectivity index (χ1) is 9.63. The highest BCUT2D eigenvalue weighted by Gasteiger charge is 2.06. The van der Waals surface area contributed by atoms with Crippen LogP contribution >= 0.6 is 15.9 Å². The summed E-state index contributed by atoms with van der Waals surface area (Å²) in [6.07, 6.45) is 0. The summed E-state index contributed by atoms with van der Waals surface area (Å²) < 4.78 is 2.50. The van der Waals surface area contributed by atoms with Crippen LogP contribution in [-0.2, 0) is 0 Å². The quantitative estimate of drug-likeness (QED) is 0.721. The predicted molar refractivity (Wildman–Crippen MR) is 78.9 cm³/mol. The number of nitrogens with one attached hydrogen (secondary N) is 1. The molecule has 0 aliphatic rings. The number of carbonyl (C=O) groups excluding carboxylic acids is 1. The maximum atomic E-state index is 11.0.